The molecule has 0 saturated carbocycles. The average molecular weight is 320 g/mol. The van der Waals surface area contributed by atoms with E-state index in [0.29, 0.717) is 11.6 Å². The van der Waals surface area contributed by atoms with Crippen molar-refractivity contribution in [1.29, 1.82) is 0 Å². The average Bonchev–Trinajstić information content (AvgIpc) is 2.40. The maximum Gasteiger partial charge on any atom is 0.251 e. The van der Waals surface area contributed by atoms with Crippen LogP contribution in [0.1, 0.15) is 41.7 Å². The molecule has 0 aromatic heterocycles. The predicted octanol–water partition coefficient (Wildman–Crippen LogP) is 2.03. The van der Waals surface area contributed by atoms with Crippen LogP contribution in [0.15, 0.2) is 24.3 Å². The molecule has 1 aromatic rings. The number of hydrogen-bond acceptors (Lipinski definition) is 3. The van der Waals surface area contributed by atoms with Crippen molar-refractivity contribution in [2.45, 2.75) is 31.8 Å². The van der Waals surface area contributed by atoms with Gasteiger partial charge in [-0.1, -0.05) is 12.1 Å². The predicted molar refractivity (Wildman–Crippen MR) is 86.9 cm³/mol. The summed E-state index contributed by atoms with van der Waals surface area (Å²) in [5.41, 5.74) is 7.54. The number of nitrogens with two attached hydrogens (primary N) is 1. The Morgan fingerprint density at radius 2 is 1.80 bits per heavy atom. The third kappa shape index (κ3) is 5.29. The standard InChI is InChI=1S/C14H21N3O.2ClH/c1-10(15)11-2-4-12(5-3-11)14(18)17-13-6-8-16-9-7-13;;/h2-5,10,13,16H,6-9,15H2,1H3,(H,17,18);2*1H/t10-;;/m1../s1. The van der Waals surface area contributed by atoms with Crippen molar-refractivity contribution >= 4 is 30.7 Å². The van der Waals surface area contributed by atoms with Gasteiger partial charge in [0.15, 0.2) is 0 Å². The van der Waals surface area contributed by atoms with Gasteiger partial charge in [0, 0.05) is 17.6 Å². The van der Waals surface area contributed by atoms with Crippen LogP contribution >= 0.6 is 24.8 Å². The summed E-state index contributed by atoms with van der Waals surface area (Å²) in [5.74, 6) is 0.0122. The van der Waals surface area contributed by atoms with Crippen LogP contribution in [0.25, 0.3) is 0 Å². The zero-order valence-corrected chi connectivity index (χ0v) is 13.2. The van der Waals surface area contributed by atoms with Crippen molar-refractivity contribution in [2.24, 2.45) is 5.73 Å². The van der Waals surface area contributed by atoms with Crippen LogP contribution in [-0.2, 0) is 0 Å². The highest BCUT2D eigenvalue weighted by atomic mass is 35.5. The summed E-state index contributed by atoms with van der Waals surface area (Å²) in [4.78, 5) is 12.0. The lowest BCUT2D eigenvalue weighted by atomic mass is 10.0. The molecule has 1 amide bonds. The molecular weight excluding hydrogens is 297 g/mol. The van der Waals surface area contributed by atoms with Gasteiger partial charge in [0.05, 0.1) is 0 Å². The lowest BCUT2D eigenvalue weighted by molar-refractivity contribution is 0.0929. The SMILES string of the molecule is C[C@@H](N)c1ccc(C(=O)NC2CCNCC2)cc1.Cl.Cl. The summed E-state index contributed by atoms with van der Waals surface area (Å²) in [6.45, 7) is 3.90. The third-order valence-corrected chi connectivity index (χ3v) is 3.37. The summed E-state index contributed by atoms with van der Waals surface area (Å²) >= 11 is 0. The van der Waals surface area contributed by atoms with Crippen LogP contribution in [0.3, 0.4) is 0 Å². The second-order valence-corrected chi connectivity index (χ2v) is 4.91. The van der Waals surface area contributed by atoms with Gasteiger partial charge in [-0.2, -0.15) is 0 Å². The first-order valence-electron chi connectivity index (χ1n) is 6.54. The zero-order valence-electron chi connectivity index (χ0n) is 11.6. The van der Waals surface area contributed by atoms with Gasteiger partial charge in [-0.3, -0.25) is 4.79 Å². The van der Waals surface area contributed by atoms with Crippen molar-refractivity contribution in [3.05, 3.63) is 35.4 Å². The Labute approximate surface area is 132 Å². The summed E-state index contributed by atoms with van der Waals surface area (Å²) in [6.07, 6.45) is 2.01. The van der Waals surface area contributed by atoms with Crippen molar-refractivity contribution in [3.8, 4) is 0 Å². The molecule has 4 nitrogen and oxygen atoms in total. The van der Waals surface area contributed by atoms with E-state index in [0.717, 1.165) is 31.5 Å². The molecule has 4 N–H and O–H groups in total. The van der Waals surface area contributed by atoms with Gasteiger partial charge < -0.3 is 16.4 Å². The van der Waals surface area contributed by atoms with E-state index in [2.05, 4.69) is 10.6 Å². The Morgan fingerprint density at radius 3 is 2.30 bits per heavy atom. The lowest BCUT2D eigenvalue weighted by Crippen LogP contribution is -2.42. The molecule has 114 valence electrons. The zero-order chi connectivity index (χ0) is 13.0. The first kappa shape index (κ1) is 19.2. The van der Waals surface area contributed by atoms with E-state index in [1.54, 1.807) is 0 Å². The van der Waals surface area contributed by atoms with E-state index in [1.165, 1.54) is 0 Å². The number of hydrogen-bond donors (Lipinski definition) is 3. The topological polar surface area (TPSA) is 67.2 Å². The summed E-state index contributed by atoms with van der Waals surface area (Å²) in [6, 6.07) is 7.83. The Bertz CT molecular complexity index is 403. The molecule has 1 aliphatic rings. The molecular formula is C14H23Cl2N3O. The number of benzene rings is 1. The highest BCUT2D eigenvalue weighted by Crippen LogP contribution is 2.11. The van der Waals surface area contributed by atoms with Crippen LogP contribution < -0.4 is 16.4 Å². The molecule has 0 aliphatic carbocycles. The Hall–Kier alpha value is -0.810. The minimum absolute atomic E-state index is 0. The van der Waals surface area contributed by atoms with Gasteiger partial charge in [-0.15, -0.1) is 24.8 Å². The molecule has 1 heterocycles. The van der Waals surface area contributed by atoms with Crippen LogP contribution in [0.5, 0.6) is 0 Å². The van der Waals surface area contributed by atoms with Crippen molar-refractivity contribution in [3.63, 3.8) is 0 Å². The Kier molecular flexibility index (Phi) is 8.81. The van der Waals surface area contributed by atoms with E-state index in [9.17, 15) is 4.79 Å². The highest BCUT2D eigenvalue weighted by Gasteiger charge is 2.16. The number of amides is 1. The molecule has 1 fully saturated rings. The molecule has 2 rings (SSSR count). The lowest BCUT2D eigenvalue weighted by Gasteiger charge is -2.23. The maximum atomic E-state index is 12.0. The van der Waals surface area contributed by atoms with E-state index < -0.39 is 0 Å². The molecule has 1 saturated heterocycles. The van der Waals surface area contributed by atoms with Crippen LogP contribution in [-0.4, -0.2) is 25.0 Å². The van der Waals surface area contributed by atoms with Gasteiger partial charge in [0.25, 0.3) is 5.91 Å². The largest absolute Gasteiger partial charge is 0.349 e. The number of piperidine rings is 1. The number of halogens is 2. The first-order valence-corrected chi connectivity index (χ1v) is 6.54. The van der Waals surface area contributed by atoms with E-state index in [1.807, 2.05) is 31.2 Å². The van der Waals surface area contributed by atoms with E-state index in [4.69, 9.17) is 5.73 Å². The monoisotopic (exact) mass is 319 g/mol. The highest BCUT2D eigenvalue weighted by molar-refractivity contribution is 5.94. The first-order chi connectivity index (χ1) is 8.66. The minimum Gasteiger partial charge on any atom is -0.349 e. The molecule has 1 aromatic carbocycles. The van der Waals surface area contributed by atoms with Gasteiger partial charge in [0.1, 0.15) is 0 Å². The van der Waals surface area contributed by atoms with Gasteiger partial charge >= 0.3 is 0 Å². The van der Waals surface area contributed by atoms with Crippen LogP contribution in [0, 0.1) is 0 Å². The second kappa shape index (κ2) is 9.19. The number of carbonyl (C=O) groups excluding carboxylic acids is 1. The van der Waals surface area contributed by atoms with Gasteiger partial charge in [-0.05, 0) is 50.6 Å². The molecule has 0 radical (unpaired) electrons. The minimum atomic E-state index is 0. The summed E-state index contributed by atoms with van der Waals surface area (Å²) in [7, 11) is 0. The van der Waals surface area contributed by atoms with Crippen molar-refractivity contribution in [1.82, 2.24) is 10.6 Å². The Morgan fingerprint density at radius 1 is 1.25 bits per heavy atom. The second-order valence-electron chi connectivity index (χ2n) is 4.91. The number of carbonyl (C=O) groups is 1. The molecule has 20 heavy (non-hydrogen) atoms. The smallest absolute Gasteiger partial charge is 0.251 e. The fourth-order valence-corrected chi connectivity index (χ4v) is 2.17. The Balaban J connectivity index is 0.00000180. The van der Waals surface area contributed by atoms with Crippen molar-refractivity contribution in [2.75, 3.05) is 13.1 Å². The van der Waals surface area contributed by atoms with Crippen LogP contribution in [0.4, 0.5) is 0 Å². The summed E-state index contributed by atoms with van der Waals surface area (Å²) < 4.78 is 0. The third-order valence-electron chi connectivity index (χ3n) is 3.37. The van der Waals surface area contributed by atoms with Crippen LogP contribution in [0.2, 0.25) is 0 Å². The molecule has 1 aliphatic heterocycles. The van der Waals surface area contributed by atoms with Gasteiger partial charge in [0.2, 0.25) is 0 Å². The summed E-state index contributed by atoms with van der Waals surface area (Å²) in [5, 5.41) is 6.36. The fourth-order valence-electron chi connectivity index (χ4n) is 2.17. The van der Waals surface area contributed by atoms with E-state index >= 15 is 0 Å². The maximum absolute atomic E-state index is 12.0. The van der Waals surface area contributed by atoms with Crippen molar-refractivity contribution < 1.29 is 4.79 Å². The number of nitrogens with one attached hydrogen (secondary N) is 2. The molecule has 1 atom stereocenters. The normalized spacial score (nSPS) is 16.5. The number of rotatable bonds is 3. The fraction of sp³-hybridized carbons (Fsp3) is 0.500. The van der Waals surface area contributed by atoms with Gasteiger partial charge in [-0.25, -0.2) is 0 Å². The molecule has 0 bridgehead atoms. The molecule has 0 unspecified atom stereocenters. The molecule has 0 spiro atoms. The quantitative estimate of drug-likeness (QED) is 0.798. The van der Waals surface area contributed by atoms with E-state index in [-0.39, 0.29) is 36.8 Å². The molecule has 6 heteroatoms.